The number of carboxylic acids is 2. The van der Waals surface area contributed by atoms with Gasteiger partial charge >= 0.3 is 11.9 Å². The Hall–Kier alpha value is -3.42. The second-order valence-electron chi connectivity index (χ2n) is 8.39. The molecule has 0 atom stereocenters. The van der Waals surface area contributed by atoms with Crippen LogP contribution in [0.4, 0.5) is 0 Å². The number of hydrogen-bond donors (Lipinski definition) is 2. The van der Waals surface area contributed by atoms with E-state index in [9.17, 15) is 0 Å². The second kappa shape index (κ2) is 13.3. The first-order chi connectivity index (χ1) is 16.5. The molecule has 180 valence electrons. The van der Waals surface area contributed by atoms with Crippen molar-refractivity contribution in [1.82, 2.24) is 9.80 Å². The molecule has 3 aromatic rings. The maximum Gasteiger partial charge on any atom is 0.414 e. The maximum atomic E-state index is 9.10. The predicted octanol–water partition coefficient (Wildman–Crippen LogP) is 4.14. The highest BCUT2D eigenvalue weighted by Crippen LogP contribution is 2.21. The van der Waals surface area contributed by atoms with Gasteiger partial charge < -0.3 is 14.6 Å². The minimum absolute atomic E-state index is 0.650. The van der Waals surface area contributed by atoms with Crippen LogP contribution in [0.2, 0.25) is 0 Å². The molecule has 34 heavy (non-hydrogen) atoms. The van der Waals surface area contributed by atoms with E-state index in [2.05, 4.69) is 76.5 Å². The van der Waals surface area contributed by atoms with Crippen LogP contribution in [0, 0.1) is 0 Å². The molecule has 1 aliphatic heterocycles. The predicted molar refractivity (Wildman–Crippen MR) is 129 cm³/mol. The minimum atomic E-state index is -1.82. The molecule has 7 heteroatoms. The summed E-state index contributed by atoms with van der Waals surface area (Å²) in [5.74, 6) is -2.58. The van der Waals surface area contributed by atoms with Gasteiger partial charge in [0.1, 0.15) is 5.76 Å². The standard InChI is InChI=1S/C25H30N2O.C2H2O4/c1-3-8-22(9-4-1)13-18-27(20-23-10-5-2-6-11-23)24-14-16-26(17-15-24)21-25-12-7-19-28-25;3-1(4)2(5)6/h1-12,19,24H,13-18,20-21H2;(H,3,4)(H,5,6). The van der Waals surface area contributed by atoms with Crippen LogP contribution in [-0.4, -0.2) is 57.6 Å². The van der Waals surface area contributed by atoms with Crippen LogP contribution in [0.15, 0.2) is 83.5 Å². The van der Waals surface area contributed by atoms with Crippen LogP contribution in [0.1, 0.15) is 29.7 Å². The normalized spacial score (nSPS) is 14.4. The van der Waals surface area contributed by atoms with Gasteiger partial charge in [0.05, 0.1) is 12.8 Å². The van der Waals surface area contributed by atoms with Crippen molar-refractivity contribution < 1.29 is 24.2 Å². The SMILES string of the molecule is O=C(O)C(=O)O.c1ccc(CCN(Cc2ccccc2)C2CCN(Cc3ccco3)CC2)cc1. The zero-order valence-corrected chi connectivity index (χ0v) is 19.3. The van der Waals surface area contributed by atoms with E-state index in [4.69, 9.17) is 24.2 Å². The van der Waals surface area contributed by atoms with Crippen molar-refractivity contribution in [3.05, 3.63) is 95.9 Å². The summed E-state index contributed by atoms with van der Waals surface area (Å²) < 4.78 is 5.53. The van der Waals surface area contributed by atoms with E-state index in [1.54, 1.807) is 6.26 Å². The Morgan fingerprint density at radius 2 is 1.44 bits per heavy atom. The van der Waals surface area contributed by atoms with E-state index in [0.29, 0.717) is 6.04 Å². The van der Waals surface area contributed by atoms with Crippen LogP contribution in [0.25, 0.3) is 0 Å². The molecule has 1 saturated heterocycles. The number of piperidine rings is 1. The Balaban J connectivity index is 0.000000481. The lowest BCUT2D eigenvalue weighted by molar-refractivity contribution is -0.159. The fourth-order valence-electron chi connectivity index (χ4n) is 4.19. The van der Waals surface area contributed by atoms with Gasteiger partial charge in [0.2, 0.25) is 0 Å². The number of furan rings is 1. The molecule has 0 saturated carbocycles. The van der Waals surface area contributed by atoms with Gasteiger partial charge in [-0.15, -0.1) is 0 Å². The van der Waals surface area contributed by atoms with Gasteiger partial charge in [0.25, 0.3) is 0 Å². The average Bonchev–Trinajstić information content (AvgIpc) is 3.37. The van der Waals surface area contributed by atoms with E-state index >= 15 is 0 Å². The van der Waals surface area contributed by atoms with Gasteiger partial charge in [-0.25, -0.2) is 9.59 Å². The first-order valence-corrected chi connectivity index (χ1v) is 11.5. The lowest BCUT2D eigenvalue weighted by atomic mass is 10.0. The highest BCUT2D eigenvalue weighted by atomic mass is 16.4. The van der Waals surface area contributed by atoms with Crippen molar-refractivity contribution in [1.29, 1.82) is 0 Å². The third kappa shape index (κ3) is 8.50. The van der Waals surface area contributed by atoms with Crippen LogP contribution < -0.4 is 0 Å². The van der Waals surface area contributed by atoms with Gasteiger partial charge in [0, 0.05) is 32.2 Å². The fraction of sp³-hybridized carbons (Fsp3) is 0.333. The molecule has 0 aliphatic carbocycles. The number of carboxylic acid groups (broad SMARTS) is 2. The Kier molecular flexibility index (Phi) is 9.88. The molecule has 2 aromatic carbocycles. The second-order valence-corrected chi connectivity index (χ2v) is 8.39. The highest BCUT2D eigenvalue weighted by Gasteiger charge is 2.25. The van der Waals surface area contributed by atoms with E-state index in [-0.39, 0.29) is 0 Å². The summed E-state index contributed by atoms with van der Waals surface area (Å²) in [6, 6.07) is 26.5. The molecule has 2 N–H and O–H groups in total. The van der Waals surface area contributed by atoms with Crippen molar-refractivity contribution in [2.24, 2.45) is 0 Å². The third-order valence-electron chi connectivity index (χ3n) is 5.98. The Bertz CT molecular complexity index is 972. The molecular formula is C27H32N2O5. The molecule has 1 aliphatic rings. The van der Waals surface area contributed by atoms with Crippen LogP contribution in [-0.2, 0) is 29.1 Å². The van der Waals surface area contributed by atoms with Crippen molar-refractivity contribution in [2.45, 2.75) is 38.4 Å². The van der Waals surface area contributed by atoms with Crippen molar-refractivity contribution in [3.63, 3.8) is 0 Å². The molecule has 0 unspecified atom stereocenters. The summed E-state index contributed by atoms with van der Waals surface area (Å²) in [4.78, 5) is 23.4. The molecule has 7 nitrogen and oxygen atoms in total. The molecular weight excluding hydrogens is 432 g/mol. The summed E-state index contributed by atoms with van der Waals surface area (Å²) in [5, 5.41) is 14.8. The maximum absolute atomic E-state index is 9.10. The summed E-state index contributed by atoms with van der Waals surface area (Å²) in [6.07, 6.45) is 5.33. The van der Waals surface area contributed by atoms with E-state index in [0.717, 1.165) is 44.9 Å². The van der Waals surface area contributed by atoms with E-state index in [1.807, 2.05) is 6.07 Å². The number of carbonyl (C=O) groups is 2. The summed E-state index contributed by atoms with van der Waals surface area (Å²) >= 11 is 0. The minimum Gasteiger partial charge on any atom is -0.473 e. The van der Waals surface area contributed by atoms with Gasteiger partial charge in [-0.2, -0.15) is 0 Å². The van der Waals surface area contributed by atoms with Gasteiger partial charge in [0.15, 0.2) is 0 Å². The lowest BCUT2D eigenvalue weighted by Gasteiger charge is -2.38. The molecule has 1 aromatic heterocycles. The molecule has 4 rings (SSSR count). The largest absolute Gasteiger partial charge is 0.473 e. The number of aliphatic carboxylic acids is 2. The highest BCUT2D eigenvalue weighted by molar-refractivity contribution is 6.27. The number of benzene rings is 2. The Morgan fingerprint density at radius 3 is 1.97 bits per heavy atom. The van der Waals surface area contributed by atoms with Gasteiger partial charge in [-0.3, -0.25) is 9.80 Å². The molecule has 1 fully saturated rings. The quantitative estimate of drug-likeness (QED) is 0.484. The van der Waals surface area contributed by atoms with E-state index < -0.39 is 11.9 Å². The number of hydrogen-bond acceptors (Lipinski definition) is 5. The molecule has 2 heterocycles. The first kappa shape index (κ1) is 25.2. The topological polar surface area (TPSA) is 94.2 Å². The Morgan fingerprint density at radius 1 is 0.853 bits per heavy atom. The number of rotatable bonds is 8. The van der Waals surface area contributed by atoms with Crippen molar-refractivity contribution >= 4 is 11.9 Å². The fourth-order valence-corrected chi connectivity index (χ4v) is 4.19. The molecule has 0 spiro atoms. The molecule has 0 bridgehead atoms. The monoisotopic (exact) mass is 464 g/mol. The van der Waals surface area contributed by atoms with Gasteiger partial charge in [-0.1, -0.05) is 60.7 Å². The molecule has 0 radical (unpaired) electrons. The van der Waals surface area contributed by atoms with Crippen LogP contribution >= 0.6 is 0 Å². The summed E-state index contributed by atoms with van der Waals surface area (Å²) in [6.45, 7) is 5.37. The van der Waals surface area contributed by atoms with Gasteiger partial charge in [-0.05, 0) is 42.5 Å². The zero-order valence-electron chi connectivity index (χ0n) is 19.3. The average molecular weight is 465 g/mol. The smallest absolute Gasteiger partial charge is 0.414 e. The third-order valence-corrected chi connectivity index (χ3v) is 5.98. The molecule has 0 amide bonds. The first-order valence-electron chi connectivity index (χ1n) is 11.5. The van der Waals surface area contributed by atoms with E-state index in [1.165, 1.54) is 24.0 Å². The van der Waals surface area contributed by atoms with Crippen LogP contribution in [0.5, 0.6) is 0 Å². The Labute approximate surface area is 200 Å². The number of nitrogens with zero attached hydrogens (tertiary/aromatic N) is 2. The van der Waals surface area contributed by atoms with Crippen molar-refractivity contribution in [2.75, 3.05) is 19.6 Å². The number of likely N-dealkylation sites (tertiary alicyclic amines) is 1. The zero-order chi connectivity index (χ0) is 24.2. The lowest BCUT2D eigenvalue weighted by Crippen LogP contribution is -2.45. The van der Waals surface area contributed by atoms with Crippen LogP contribution in [0.3, 0.4) is 0 Å². The summed E-state index contributed by atoms with van der Waals surface area (Å²) in [5.41, 5.74) is 2.84. The summed E-state index contributed by atoms with van der Waals surface area (Å²) in [7, 11) is 0. The van der Waals surface area contributed by atoms with Crippen molar-refractivity contribution in [3.8, 4) is 0 Å².